The van der Waals surface area contributed by atoms with E-state index in [1.165, 1.54) is 0 Å². The number of hydrogen-bond acceptors (Lipinski definition) is 4. The van der Waals surface area contributed by atoms with Crippen molar-refractivity contribution in [1.29, 1.82) is 0 Å². The van der Waals surface area contributed by atoms with Crippen molar-refractivity contribution in [3.05, 3.63) is 65.3 Å². The summed E-state index contributed by atoms with van der Waals surface area (Å²) < 4.78 is 1.73. The first-order chi connectivity index (χ1) is 12.6. The van der Waals surface area contributed by atoms with Gasteiger partial charge >= 0.3 is 0 Å². The van der Waals surface area contributed by atoms with Gasteiger partial charge in [0, 0.05) is 36.7 Å². The van der Waals surface area contributed by atoms with E-state index in [9.17, 15) is 9.90 Å². The van der Waals surface area contributed by atoms with Crippen molar-refractivity contribution in [3.63, 3.8) is 0 Å². The third-order valence-corrected chi connectivity index (χ3v) is 5.06. The highest BCUT2D eigenvalue weighted by atomic mass is 35.5. The van der Waals surface area contributed by atoms with Crippen LogP contribution < -0.4 is 5.32 Å². The summed E-state index contributed by atoms with van der Waals surface area (Å²) in [6.07, 6.45) is 6.87. The summed E-state index contributed by atoms with van der Waals surface area (Å²) in [5.74, 6) is 0.00887. The van der Waals surface area contributed by atoms with Gasteiger partial charge in [-0.25, -0.2) is 4.98 Å². The molecule has 0 unspecified atom stereocenters. The Morgan fingerprint density at radius 1 is 1.31 bits per heavy atom. The Kier molecular flexibility index (Phi) is 4.61. The second-order valence-corrected chi connectivity index (χ2v) is 7.17. The number of aromatic nitrogens is 3. The van der Waals surface area contributed by atoms with E-state index in [4.69, 9.17) is 11.6 Å². The normalized spacial score (nSPS) is 20.5. The SMILES string of the molecule is O=C(N[C@H](Cc1ccccn1)C1CC(O)C1)c1cn2cc(Cl)ccc2n1. The topological polar surface area (TPSA) is 79.5 Å². The number of amides is 1. The highest BCUT2D eigenvalue weighted by Gasteiger charge is 2.35. The number of halogens is 1. The second-order valence-electron chi connectivity index (χ2n) is 6.73. The smallest absolute Gasteiger partial charge is 0.271 e. The summed E-state index contributed by atoms with van der Waals surface area (Å²) in [6, 6.07) is 9.17. The van der Waals surface area contributed by atoms with Crippen LogP contribution in [0.5, 0.6) is 0 Å². The Labute approximate surface area is 155 Å². The van der Waals surface area contributed by atoms with Gasteiger partial charge in [-0.05, 0) is 43.0 Å². The van der Waals surface area contributed by atoms with Gasteiger partial charge in [-0.3, -0.25) is 9.78 Å². The van der Waals surface area contributed by atoms with Crippen LogP contribution in [0.25, 0.3) is 5.65 Å². The second kappa shape index (κ2) is 7.05. The van der Waals surface area contributed by atoms with E-state index in [0.29, 0.717) is 35.6 Å². The molecule has 0 radical (unpaired) electrons. The van der Waals surface area contributed by atoms with Gasteiger partial charge in [0.25, 0.3) is 5.91 Å². The number of nitrogens with one attached hydrogen (secondary N) is 1. The van der Waals surface area contributed by atoms with Crippen LogP contribution >= 0.6 is 11.6 Å². The molecule has 7 heteroatoms. The Morgan fingerprint density at radius 2 is 2.15 bits per heavy atom. The lowest BCUT2D eigenvalue weighted by Crippen LogP contribution is -2.48. The number of fused-ring (bicyclic) bond motifs is 1. The largest absolute Gasteiger partial charge is 0.393 e. The molecule has 26 heavy (non-hydrogen) atoms. The molecule has 0 bridgehead atoms. The first-order valence-corrected chi connectivity index (χ1v) is 8.99. The summed E-state index contributed by atoms with van der Waals surface area (Å²) in [4.78, 5) is 21.4. The van der Waals surface area contributed by atoms with E-state index in [0.717, 1.165) is 5.69 Å². The van der Waals surface area contributed by atoms with Crippen molar-refractivity contribution in [2.45, 2.75) is 31.4 Å². The molecule has 0 aromatic carbocycles. The average molecular weight is 371 g/mol. The Hall–Kier alpha value is -2.44. The number of pyridine rings is 2. The molecule has 6 nitrogen and oxygen atoms in total. The van der Waals surface area contributed by atoms with E-state index < -0.39 is 0 Å². The maximum absolute atomic E-state index is 12.7. The molecule has 1 saturated carbocycles. The Balaban J connectivity index is 1.52. The predicted octanol–water partition coefficient (Wildman–Crippen LogP) is 2.49. The van der Waals surface area contributed by atoms with Crippen molar-refractivity contribution in [2.75, 3.05) is 0 Å². The van der Waals surface area contributed by atoms with Gasteiger partial charge < -0.3 is 14.8 Å². The van der Waals surface area contributed by atoms with Crippen molar-refractivity contribution >= 4 is 23.2 Å². The number of aliphatic hydroxyl groups is 1. The number of imidazole rings is 1. The Morgan fingerprint density at radius 3 is 2.88 bits per heavy atom. The standard InChI is InChI=1S/C19H19ClN4O2/c20-13-4-5-18-22-17(11-24(18)10-13)19(26)23-16(12-7-15(25)8-12)9-14-3-1-2-6-21-14/h1-6,10-12,15-16,25H,7-9H2,(H,23,26)/t12?,15?,16-/m1/s1. The molecular formula is C19H19ClN4O2. The number of rotatable bonds is 5. The molecule has 3 aromatic heterocycles. The minimum absolute atomic E-state index is 0.0887. The number of hydrogen-bond donors (Lipinski definition) is 2. The molecular weight excluding hydrogens is 352 g/mol. The van der Waals surface area contributed by atoms with Crippen molar-refractivity contribution in [2.24, 2.45) is 5.92 Å². The molecule has 134 valence electrons. The molecule has 1 amide bonds. The maximum atomic E-state index is 12.7. The lowest BCUT2D eigenvalue weighted by molar-refractivity contribution is 0.0237. The molecule has 4 rings (SSSR count). The van der Waals surface area contributed by atoms with Crippen LogP contribution in [0.15, 0.2) is 48.9 Å². The molecule has 0 saturated heterocycles. The lowest BCUT2D eigenvalue weighted by Gasteiger charge is -2.37. The zero-order valence-corrected chi connectivity index (χ0v) is 14.8. The van der Waals surface area contributed by atoms with Crippen molar-refractivity contribution in [3.8, 4) is 0 Å². The highest BCUT2D eigenvalue weighted by Crippen LogP contribution is 2.31. The fourth-order valence-corrected chi connectivity index (χ4v) is 3.52. The average Bonchev–Trinajstić information content (AvgIpc) is 3.02. The van der Waals surface area contributed by atoms with Gasteiger partial charge in [-0.15, -0.1) is 0 Å². The fourth-order valence-electron chi connectivity index (χ4n) is 3.35. The van der Waals surface area contributed by atoms with Crippen LogP contribution in [-0.4, -0.2) is 37.5 Å². The zero-order chi connectivity index (χ0) is 18.1. The van der Waals surface area contributed by atoms with Crippen LogP contribution in [0.1, 0.15) is 29.0 Å². The third kappa shape index (κ3) is 3.57. The molecule has 1 aliphatic carbocycles. The molecule has 1 atom stereocenters. The van der Waals surface area contributed by atoms with Crippen LogP contribution in [0.4, 0.5) is 0 Å². The Bertz CT molecular complexity index is 922. The minimum Gasteiger partial charge on any atom is -0.393 e. The maximum Gasteiger partial charge on any atom is 0.271 e. The molecule has 1 aliphatic rings. The first kappa shape index (κ1) is 17.0. The molecule has 1 fully saturated rings. The van der Waals surface area contributed by atoms with Crippen LogP contribution in [0.2, 0.25) is 5.02 Å². The predicted molar refractivity (Wildman–Crippen MR) is 98.1 cm³/mol. The first-order valence-electron chi connectivity index (χ1n) is 8.61. The van der Waals surface area contributed by atoms with Gasteiger partial charge in [0.1, 0.15) is 11.3 Å². The molecule has 0 aliphatic heterocycles. The fraction of sp³-hybridized carbons (Fsp3) is 0.316. The van der Waals surface area contributed by atoms with Crippen LogP contribution in [0.3, 0.4) is 0 Å². The summed E-state index contributed by atoms with van der Waals surface area (Å²) in [5.41, 5.74) is 1.93. The number of aliphatic hydroxyl groups excluding tert-OH is 1. The van der Waals surface area contributed by atoms with E-state index in [1.807, 2.05) is 18.2 Å². The van der Waals surface area contributed by atoms with Gasteiger partial charge in [0.05, 0.1) is 11.1 Å². The van der Waals surface area contributed by atoms with E-state index in [2.05, 4.69) is 15.3 Å². The highest BCUT2D eigenvalue weighted by molar-refractivity contribution is 6.30. The zero-order valence-electron chi connectivity index (χ0n) is 14.0. The van der Waals surface area contributed by atoms with E-state index in [1.54, 1.807) is 35.1 Å². The van der Waals surface area contributed by atoms with Gasteiger partial charge in [0.15, 0.2) is 0 Å². The molecule has 2 N–H and O–H groups in total. The van der Waals surface area contributed by atoms with Crippen LogP contribution in [-0.2, 0) is 6.42 Å². The van der Waals surface area contributed by atoms with E-state index in [-0.39, 0.29) is 24.0 Å². The van der Waals surface area contributed by atoms with Gasteiger partial charge in [0.2, 0.25) is 0 Å². The number of nitrogens with zero attached hydrogens (tertiary/aromatic N) is 3. The lowest BCUT2D eigenvalue weighted by atomic mass is 9.76. The van der Waals surface area contributed by atoms with Crippen LogP contribution in [0, 0.1) is 5.92 Å². The molecule has 0 spiro atoms. The summed E-state index contributed by atoms with van der Waals surface area (Å²) in [6.45, 7) is 0. The summed E-state index contributed by atoms with van der Waals surface area (Å²) in [5, 5.41) is 13.3. The summed E-state index contributed by atoms with van der Waals surface area (Å²) in [7, 11) is 0. The van der Waals surface area contributed by atoms with Gasteiger partial charge in [-0.1, -0.05) is 17.7 Å². The van der Waals surface area contributed by atoms with Crippen molar-refractivity contribution in [1.82, 2.24) is 19.7 Å². The van der Waals surface area contributed by atoms with Crippen molar-refractivity contribution < 1.29 is 9.90 Å². The van der Waals surface area contributed by atoms with Gasteiger partial charge in [-0.2, -0.15) is 0 Å². The summed E-state index contributed by atoms with van der Waals surface area (Å²) >= 11 is 5.98. The third-order valence-electron chi connectivity index (χ3n) is 4.84. The number of carbonyl (C=O) groups excluding carboxylic acids is 1. The quantitative estimate of drug-likeness (QED) is 0.723. The molecule has 3 heterocycles. The van der Waals surface area contributed by atoms with E-state index >= 15 is 0 Å². The molecule has 3 aromatic rings. The monoisotopic (exact) mass is 370 g/mol. The minimum atomic E-state index is -0.277. The number of carbonyl (C=O) groups is 1.